The van der Waals surface area contributed by atoms with Crippen molar-refractivity contribution in [3.05, 3.63) is 17.5 Å². The molecule has 0 aliphatic carbocycles. The van der Waals surface area contributed by atoms with Crippen LogP contribution in [0.5, 0.6) is 0 Å². The van der Waals surface area contributed by atoms with Crippen molar-refractivity contribution >= 4 is 16.0 Å². The Morgan fingerprint density at radius 3 is 2.55 bits per heavy atom. The Bertz CT molecular complexity index is 571. The van der Waals surface area contributed by atoms with Crippen LogP contribution in [0.2, 0.25) is 0 Å². The molecule has 1 rings (SSSR count). The number of sulfonamides is 1. The Hall–Kier alpha value is -1.41. The number of aromatic nitrogens is 1. The van der Waals surface area contributed by atoms with Gasteiger partial charge in [0.15, 0.2) is 0 Å². The van der Waals surface area contributed by atoms with Gasteiger partial charge in [-0.1, -0.05) is 5.16 Å². The molecule has 1 aromatic heterocycles. The summed E-state index contributed by atoms with van der Waals surface area (Å²) in [4.78, 5) is 11.7. The summed E-state index contributed by atoms with van der Waals surface area (Å²) < 4.78 is 35.9. The highest BCUT2D eigenvalue weighted by atomic mass is 32.2. The predicted octanol–water partition coefficient (Wildman–Crippen LogP) is 1.13. The standard InChI is InChI=1S/C12H20N2O5S/c1-8-6-10(13-19-8)7-20(16,17)14-9(2)11(15)18-12(3,4)5/h6,9,14H,7H2,1-5H3/t9-/m0/s1. The maximum Gasteiger partial charge on any atom is 0.324 e. The van der Waals surface area contributed by atoms with Crippen LogP contribution in [0.1, 0.15) is 39.1 Å². The summed E-state index contributed by atoms with van der Waals surface area (Å²) in [6, 6.07) is 0.560. The molecule has 0 spiro atoms. The third-order valence-electron chi connectivity index (χ3n) is 2.13. The molecule has 1 atom stereocenters. The first-order valence-electron chi connectivity index (χ1n) is 6.13. The maximum absolute atomic E-state index is 11.9. The second kappa shape index (κ2) is 5.92. The van der Waals surface area contributed by atoms with E-state index in [1.807, 2.05) is 0 Å². The molecule has 0 amide bonds. The second-order valence-corrected chi connectivity index (χ2v) is 7.31. The van der Waals surface area contributed by atoms with Gasteiger partial charge in [0, 0.05) is 6.07 Å². The highest BCUT2D eigenvalue weighted by Gasteiger charge is 2.26. The fourth-order valence-corrected chi connectivity index (χ4v) is 2.67. The average Bonchev–Trinajstić information content (AvgIpc) is 2.59. The normalized spacial score (nSPS) is 14.1. The number of aryl methyl sites for hydroxylation is 1. The van der Waals surface area contributed by atoms with Gasteiger partial charge in [0.2, 0.25) is 10.0 Å². The van der Waals surface area contributed by atoms with E-state index in [-0.39, 0.29) is 11.4 Å². The third kappa shape index (κ3) is 5.70. The van der Waals surface area contributed by atoms with Crippen molar-refractivity contribution in [1.82, 2.24) is 9.88 Å². The predicted molar refractivity (Wildman–Crippen MR) is 72.3 cm³/mol. The molecule has 0 fully saturated rings. The van der Waals surface area contributed by atoms with E-state index in [4.69, 9.17) is 9.26 Å². The molecule has 1 N–H and O–H groups in total. The first-order chi connectivity index (χ1) is 8.98. The third-order valence-corrected chi connectivity index (χ3v) is 3.52. The molecule has 1 heterocycles. The largest absolute Gasteiger partial charge is 0.459 e. The van der Waals surface area contributed by atoms with Crippen LogP contribution >= 0.6 is 0 Å². The molecule has 20 heavy (non-hydrogen) atoms. The molecule has 0 saturated carbocycles. The molecule has 0 aromatic carbocycles. The first kappa shape index (κ1) is 16.6. The van der Waals surface area contributed by atoms with Crippen LogP contribution < -0.4 is 4.72 Å². The second-order valence-electron chi connectivity index (χ2n) is 5.56. The Morgan fingerprint density at radius 1 is 1.50 bits per heavy atom. The number of nitrogens with one attached hydrogen (secondary N) is 1. The van der Waals surface area contributed by atoms with Crippen LogP contribution in [0.3, 0.4) is 0 Å². The van der Waals surface area contributed by atoms with Gasteiger partial charge < -0.3 is 9.26 Å². The molecule has 1 aromatic rings. The lowest BCUT2D eigenvalue weighted by Gasteiger charge is -2.22. The first-order valence-corrected chi connectivity index (χ1v) is 7.79. The number of hydrogen-bond donors (Lipinski definition) is 1. The molecule has 8 heteroatoms. The number of ether oxygens (including phenoxy) is 1. The van der Waals surface area contributed by atoms with Gasteiger partial charge >= 0.3 is 5.97 Å². The monoisotopic (exact) mass is 304 g/mol. The Morgan fingerprint density at radius 2 is 2.10 bits per heavy atom. The number of rotatable bonds is 5. The lowest BCUT2D eigenvalue weighted by atomic mass is 10.2. The number of nitrogens with zero attached hydrogens (tertiary/aromatic N) is 1. The Balaban J connectivity index is 2.64. The van der Waals surface area contributed by atoms with Crippen molar-refractivity contribution < 1.29 is 22.5 Å². The molecular weight excluding hydrogens is 284 g/mol. The maximum atomic E-state index is 11.9. The van der Waals surface area contributed by atoms with Crippen molar-refractivity contribution in [2.45, 2.75) is 52.0 Å². The molecular formula is C12H20N2O5S. The lowest BCUT2D eigenvalue weighted by molar-refractivity contribution is -0.156. The summed E-state index contributed by atoms with van der Waals surface area (Å²) >= 11 is 0. The van der Waals surface area contributed by atoms with E-state index in [2.05, 4.69) is 9.88 Å². The number of carbonyl (C=O) groups excluding carboxylic acids is 1. The Kier molecular flexibility index (Phi) is 4.93. The van der Waals surface area contributed by atoms with Crippen LogP contribution in [0.15, 0.2) is 10.6 Å². The van der Waals surface area contributed by atoms with Crippen LogP contribution in [0.4, 0.5) is 0 Å². The summed E-state index contributed by atoms with van der Waals surface area (Å²) in [7, 11) is -3.69. The zero-order chi connectivity index (χ0) is 15.6. The minimum Gasteiger partial charge on any atom is -0.459 e. The summed E-state index contributed by atoms with van der Waals surface area (Å²) in [6.45, 7) is 8.23. The molecule has 0 aliphatic heterocycles. The zero-order valence-electron chi connectivity index (χ0n) is 12.3. The van der Waals surface area contributed by atoms with E-state index in [9.17, 15) is 13.2 Å². The van der Waals surface area contributed by atoms with Crippen LogP contribution in [0, 0.1) is 6.92 Å². The minimum atomic E-state index is -3.69. The highest BCUT2D eigenvalue weighted by molar-refractivity contribution is 7.88. The van der Waals surface area contributed by atoms with Gasteiger partial charge in [-0.15, -0.1) is 0 Å². The fraction of sp³-hybridized carbons (Fsp3) is 0.667. The van der Waals surface area contributed by atoms with Gasteiger partial charge in [-0.25, -0.2) is 13.1 Å². The van der Waals surface area contributed by atoms with Crippen LogP contribution in [-0.4, -0.2) is 31.2 Å². The van der Waals surface area contributed by atoms with Gasteiger partial charge in [-0.05, 0) is 34.6 Å². The van der Waals surface area contributed by atoms with E-state index in [0.717, 1.165) is 0 Å². The smallest absolute Gasteiger partial charge is 0.324 e. The van der Waals surface area contributed by atoms with Gasteiger partial charge in [0.05, 0.1) is 0 Å². The fourth-order valence-electron chi connectivity index (χ4n) is 1.43. The summed E-state index contributed by atoms with van der Waals surface area (Å²) in [5, 5.41) is 3.60. The Labute approximate surface area is 118 Å². The van der Waals surface area contributed by atoms with E-state index in [0.29, 0.717) is 5.76 Å². The molecule has 0 radical (unpaired) electrons. The lowest BCUT2D eigenvalue weighted by Crippen LogP contribution is -2.42. The van der Waals surface area contributed by atoms with Gasteiger partial charge in [-0.2, -0.15) is 0 Å². The summed E-state index contributed by atoms with van der Waals surface area (Å²) in [5.41, 5.74) is -0.383. The highest BCUT2D eigenvalue weighted by Crippen LogP contribution is 2.10. The van der Waals surface area contributed by atoms with E-state index in [1.54, 1.807) is 27.7 Å². The van der Waals surface area contributed by atoms with Gasteiger partial charge in [0.25, 0.3) is 0 Å². The topological polar surface area (TPSA) is 98.5 Å². The molecule has 0 unspecified atom stereocenters. The van der Waals surface area contributed by atoms with Crippen molar-refractivity contribution in [3.8, 4) is 0 Å². The minimum absolute atomic E-state index is 0.284. The molecule has 7 nitrogen and oxygen atoms in total. The quantitative estimate of drug-likeness (QED) is 0.819. The summed E-state index contributed by atoms with van der Waals surface area (Å²) in [5.74, 6) is -0.454. The van der Waals surface area contributed by atoms with Crippen molar-refractivity contribution in [3.63, 3.8) is 0 Å². The van der Waals surface area contributed by atoms with E-state index < -0.39 is 27.6 Å². The average molecular weight is 304 g/mol. The van der Waals surface area contributed by atoms with E-state index in [1.165, 1.54) is 13.0 Å². The summed E-state index contributed by atoms with van der Waals surface area (Å²) in [6.07, 6.45) is 0. The molecule has 0 bridgehead atoms. The van der Waals surface area contributed by atoms with Crippen molar-refractivity contribution in [2.24, 2.45) is 0 Å². The van der Waals surface area contributed by atoms with Gasteiger partial charge in [-0.3, -0.25) is 4.79 Å². The number of hydrogen-bond acceptors (Lipinski definition) is 6. The van der Waals surface area contributed by atoms with Crippen molar-refractivity contribution in [1.29, 1.82) is 0 Å². The van der Waals surface area contributed by atoms with Crippen LogP contribution in [-0.2, 0) is 25.3 Å². The molecule has 0 saturated heterocycles. The zero-order valence-corrected chi connectivity index (χ0v) is 13.1. The van der Waals surface area contributed by atoms with Crippen molar-refractivity contribution in [2.75, 3.05) is 0 Å². The number of carbonyl (C=O) groups is 1. The van der Waals surface area contributed by atoms with E-state index >= 15 is 0 Å². The van der Waals surface area contributed by atoms with Gasteiger partial charge in [0.1, 0.15) is 28.8 Å². The number of esters is 1. The molecule has 0 aliphatic rings. The SMILES string of the molecule is Cc1cc(CS(=O)(=O)N[C@@H](C)C(=O)OC(C)(C)C)no1. The molecule has 114 valence electrons. The van der Waals surface area contributed by atoms with Crippen LogP contribution in [0.25, 0.3) is 0 Å².